The average Bonchev–Trinajstić information content (AvgIpc) is 2.16. The number of hydrogen-bond acceptors (Lipinski definition) is 2. The number of rotatable bonds is 4. The summed E-state index contributed by atoms with van der Waals surface area (Å²) >= 11 is 5.95. The molecular formula is C10H15Cl2NO. The normalized spacial score (nSPS) is 11.9. The number of nitrogens with one attached hydrogen (secondary N) is 1. The van der Waals surface area contributed by atoms with Crippen LogP contribution in [0.3, 0.4) is 0 Å². The Labute approximate surface area is 95.7 Å². The van der Waals surface area contributed by atoms with Gasteiger partial charge in [0.2, 0.25) is 0 Å². The third-order valence-electron chi connectivity index (χ3n) is 1.87. The maximum Gasteiger partial charge on any atom is 0.0582 e. The molecule has 0 heterocycles. The highest BCUT2D eigenvalue weighted by Crippen LogP contribution is 2.14. The summed E-state index contributed by atoms with van der Waals surface area (Å²) in [7, 11) is 0. The molecule has 14 heavy (non-hydrogen) atoms. The molecule has 1 rings (SSSR count). The third-order valence-corrected chi connectivity index (χ3v) is 2.24. The standard InChI is InChI=1S/C10H14ClNO.ClH/c1-8(7-13)12-6-9-4-2-3-5-10(9)11;/h2-5,8,12-13H,6-7H2,1H3;1H. The molecule has 0 aliphatic carbocycles. The van der Waals surface area contributed by atoms with Gasteiger partial charge < -0.3 is 10.4 Å². The van der Waals surface area contributed by atoms with Crippen LogP contribution in [0.5, 0.6) is 0 Å². The second kappa shape index (κ2) is 7.07. The predicted molar refractivity (Wildman–Crippen MR) is 62.1 cm³/mol. The average molecular weight is 236 g/mol. The summed E-state index contributed by atoms with van der Waals surface area (Å²) in [5, 5.41) is 12.7. The van der Waals surface area contributed by atoms with Gasteiger partial charge in [-0.25, -0.2) is 0 Å². The van der Waals surface area contributed by atoms with Gasteiger partial charge in [-0.05, 0) is 18.6 Å². The second-order valence-corrected chi connectivity index (χ2v) is 3.46. The summed E-state index contributed by atoms with van der Waals surface area (Å²) in [6.07, 6.45) is 0. The van der Waals surface area contributed by atoms with E-state index in [-0.39, 0.29) is 25.1 Å². The number of hydrogen-bond donors (Lipinski definition) is 2. The molecule has 0 amide bonds. The Bertz CT molecular complexity index is 268. The Kier molecular flexibility index (Phi) is 6.93. The molecule has 0 bridgehead atoms. The SMILES string of the molecule is CC(CO)NCc1ccccc1Cl.Cl. The Morgan fingerprint density at radius 3 is 2.64 bits per heavy atom. The van der Waals surface area contributed by atoms with E-state index in [1.165, 1.54) is 0 Å². The third kappa shape index (κ3) is 4.29. The molecule has 0 fully saturated rings. The molecule has 2 N–H and O–H groups in total. The van der Waals surface area contributed by atoms with Gasteiger partial charge in [0.05, 0.1) is 6.61 Å². The van der Waals surface area contributed by atoms with Gasteiger partial charge in [0.25, 0.3) is 0 Å². The topological polar surface area (TPSA) is 32.3 Å². The van der Waals surface area contributed by atoms with Crippen LogP contribution in [-0.2, 0) is 6.54 Å². The maximum absolute atomic E-state index is 8.79. The number of aliphatic hydroxyl groups is 1. The van der Waals surface area contributed by atoms with Crippen LogP contribution in [0.1, 0.15) is 12.5 Å². The van der Waals surface area contributed by atoms with Gasteiger partial charge in [0, 0.05) is 17.6 Å². The van der Waals surface area contributed by atoms with Gasteiger partial charge in [0.15, 0.2) is 0 Å². The Hall–Kier alpha value is -0.280. The first-order chi connectivity index (χ1) is 6.24. The molecule has 0 spiro atoms. The van der Waals surface area contributed by atoms with Crippen LogP contribution >= 0.6 is 24.0 Å². The highest BCUT2D eigenvalue weighted by molar-refractivity contribution is 6.31. The quantitative estimate of drug-likeness (QED) is 0.840. The monoisotopic (exact) mass is 235 g/mol. The summed E-state index contributed by atoms with van der Waals surface area (Å²) in [4.78, 5) is 0. The van der Waals surface area contributed by atoms with E-state index in [1.54, 1.807) is 0 Å². The van der Waals surface area contributed by atoms with Crippen molar-refractivity contribution >= 4 is 24.0 Å². The summed E-state index contributed by atoms with van der Waals surface area (Å²) in [5.74, 6) is 0. The Morgan fingerprint density at radius 1 is 1.43 bits per heavy atom. The van der Waals surface area contributed by atoms with Crippen LogP contribution in [-0.4, -0.2) is 17.8 Å². The van der Waals surface area contributed by atoms with E-state index in [0.29, 0.717) is 6.54 Å². The molecule has 1 aromatic carbocycles. The molecular weight excluding hydrogens is 221 g/mol. The highest BCUT2D eigenvalue weighted by atomic mass is 35.5. The maximum atomic E-state index is 8.79. The van der Waals surface area contributed by atoms with Crippen molar-refractivity contribution in [1.29, 1.82) is 0 Å². The van der Waals surface area contributed by atoms with Crippen molar-refractivity contribution in [2.24, 2.45) is 0 Å². The minimum absolute atomic E-state index is 0. The van der Waals surface area contributed by atoms with Crippen molar-refractivity contribution in [2.75, 3.05) is 6.61 Å². The lowest BCUT2D eigenvalue weighted by Crippen LogP contribution is -2.28. The Morgan fingerprint density at radius 2 is 2.07 bits per heavy atom. The van der Waals surface area contributed by atoms with Crippen LogP contribution in [0.15, 0.2) is 24.3 Å². The van der Waals surface area contributed by atoms with Gasteiger partial charge >= 0.3 is 0 Å². The lowest BCUT2D eigenvalue weighted by molar-refractivity contribution is 0.251. The van der Waals surface area contributed by atoms with Gasteiger partial charge in [-0.1, -0.05) is 29.8 Å². The molecule has 0 radical (unpaired) electrons. The fraction of sp³-hybridized carbons (Fsp3) is 0.400. The first kappa shape index (κ1) is 13.7. The van der Waals surface area contributed by atoms with E-state index in [1.807, 2.05) is 31.2 Å². The van der Waals surface area contributed by atoms with Crippen molar-refractivity contribution in [3.8, 4) is 0 Å². The molecule has 4 heteroatoms. The summed E-state index contributed by atoms with van der Waals surface area (Å²) in [5.41, 5.74) is 1.06. The highest BCUT2D eigenvalue weighted by Gasteiger charge is 2.01. The van der Waals surface area contributed by atoms with Gasteiger partial charge in [-0.2, -0.15) is 0 Å². The van der Waals surface area contributed by atoms with Crippen LogP contribution in [0.2, 0.25) is 5.02 Å². The number of aliphatic hydroxyl groups excluding tert-OH is 1. The van der Waals surface area contributed by atoms with Crippen LogP contribution in [0, 0.1) is 0 Å². The molecule has 0 aromatic heterocycles. The molecule has 0 aliphatic rings. The fourth-order valence-electron chi connectivity index (χ4n) is 0.990. The summed E-state index contributed by atoms with van der Waals surface area (Å²) in [6.45, 7) is 2.77. The van der Waals surface area contributed by atoms with Crippen molar-refractivity contribution in [3.05, 3.63) is 34.9 Å². The smallest absolute Gasteiger partial charge is 0.0582 e. The molecule has 0 aliphatic heterocycles. The van der Waals surface area contributed by atoms with Gasteiger partial charge in [-0.3, -0.25) is 0 Å². The van der Waals surface area contributed by atoms with Crippen molar-refractivity contribution in [1.82, 2.24) is 5.32 Å². The van der Waals surface area contributed by atoms with E-state index >= 15 is 0 Å². The molecule has 2 nitrogen and oxygen atoms in total. The lowest BCUT2D eigenvalue weighted by Gasteiger charge is -2.11. The van der Waals surface area contributed by atoms with Crippen molar-refractivity contribution in [2.45, 2.75) is 19.5 Å². The second-order valence-electron chi connectivity index (χ2n) is 3.06. The molecule has 1 aromatic rings. The minimum atomic E-state index is 0. The zero-order chi connectivity index (χ0) is 9.68. The number of benzene rings is 1. The van der Waals surface area contributed by atoms with E-state index in [2.05, 4.69) is 5.32 Å². The molecule has 0 saturated heterocycles. The first-order valence-electron chi connectivity index (χ1n) is 4.31. The largest absolute Gasteiger partial charge is 0.395 e. The lowest BCUT2D eigenvalue weighted by atomic mass is 10.2. The molecule has 1 unspecified atom stereocenters. The number of halogens is 2. The van der Waals surface area contributed by atoms with E-state index in [0.717, 1.165) is 10.6 Å². The van der Waals surface area contributed by atoms with Gasteiger partial charge in [-0.15, -0.1) is 12.4 Å². The molecule has 1 atom stereocenters. The van der Waals surface area contributed by atoms with Crippen LogP contribution in [0.25, 0.3) is 0 Å². The molecule has 80 valence electrons. The zero-order valence-corrected chi connectivity index (χ0v) is 9.61. The van der Waals surface area contributed by atoms with Crippen LogP contribution < -0.4 is 5.32 Å². The van der Waals surface area contributed by atoms with Crippen molar-refractivity contribution < 1.29 is 5.11 Å². The van der Waals surface area contributed by atoms with E-state index in [4.69, 9.17) is 16.7 Å². The minimum Gasteiger partial charge on any atom is -0.395 e. The summed E-state index contributed by atoms with van der Waals surface area (Å²) in [6, 6.07) is 7.80. The predicted octanol–water partition coefficient (Wildman–Crippen LogP) is 2.23. The van der Waals surface area contributed by atoms with E-state index < -0.39 is 0 Å². The van der Waals surface area contributed by atoms with Crippen LogP contribution in [0.4, 0.5) is 0 Å². The van der Waals surface area contributed by atoms with Gasteiger partial charge in [0.1, 0.15) is 0 Å². The summed E-state index contributed by atoms with van der Waals surface area (Å²) < 4.78 is 0. The molecule has 0 saturated carbocycles. The first-order valence-corrected chi connectivity index (χ1v) is 4.69. The Balaban J connectivity index is 0.00000169. The zero-order valence-electron chi connectivity index (χ0n) is 8.03. The van der Waals surface area contributed by atoms with Crippen molar-refractivity contribution in [3.63, 3.8) is 0 Å². The fourth-order valence-corrected chi connectivity index (χ4v) is 1.19. The van der Waals surface area contributed by atoms with E-state index in [9.17, 15) is 0 Å².